The van der Waals surface area contributed by atoms with Crippen molar-refractivity contribution in [3.8, 4) is 17.0 Å². The minimum atomic E-state index is -5.00. The standard InChI is InChI=1S/C14H7F6NO2/c15-13(16,17)12-3-1-2-11(21-12)9-4-8(7-22)5-10(6-9)23-14(18,19)20/h1-7H. The van der Waals surface area contributed by atoms with Crippen molar-refractivity contribution < 1.29 is 35.9 Å². The van der Waals surface area contributed by atoms with Gasteiger partial charge in [0.25, 0.3) is 0 Å². The van der Waals surface area contributed by atoms with E-state index in [9.17, 15) is 31.1 Å². The van der Waals surface area contributed by atoms with E-state index >= 15 is 0 Å². The Labute approximate surface area is 125 Å². The highest BCUT2D eigenvalue weighted by atomic mass is 19.4. The van der Waals surface area contributed by atoms with Gasteiger partial charge in [-0.3, -0.25) is 4.79 Å². The van der Waals surface area contributed by atoms with E-state index in [-0.39, 0.29) is 23.1 Å². The van der Waals surface area contributed by atoms with E-state index in [1.165, 1.54) is 6.07 Å². The largest absolute Gasteiger partial charge is 0.573 e. The second-order valence-corrected chi connectivity index (χ2v) is 4.36. The molecule has 122 valence electrons. The van der Waals surface area contributed by atoms with Crippen LogP contribution < -0.4 is 4.74 Å². The lowest BCUT2D eigenvalue weighted by Gasteiger charge is -2.12. The van der Waals surface area contributed by atoms with Gasteiger partial charge < -0.3 is 4.74 Å². The number of aromatic nitrogens is 1. The number of carbonyl (C=O) groups is 1. The van der Waals surface area contributed by atoms with Crippen molar-refractivity contribution in [3.63, 3.8) is 0 Å². The lowest BCUT2D eigenvalue weighted by molar-refractivity contribution is -0.274. The average molecular weight is 335 g/mol. The Kier molecular flexibility index (Phi) is 4.31. The molecular formula is C14H7F6NO2. The molecule has 0 atom stereocenters. The normalized spacial score (nSPS) is 12.1. The van der Waals surface area contributed by atoms with E-state index in [0.717, 1.165) is 30.3 Å². The highest BCUT2D eigenvalue weighted by Gasteiger charge is 2.33. The Balaban J connectivity index is 2.50. The molecule has 0 amide bonds. The molecule has 1 aromatic heterocycles. The number of aldehydes is 1. The van der Waals surface area contributed by atoms with Crippen LogP contribution in [0.5, 0.6) is 5.75 Å². The van der Waals surface area contributed by atoms with E-state index in [1.54, 1.807) is 0 Å². The molecule has 0 fully saturated rings. The number of pyridine rings is 1. The van der Waals surface area contributed by atoms with Crippen LogP contribution >= 0.6 is 0 Å². The SMILES string of the molecule is O=Cc1cc(OC(F)(F)F)cc(-c2cccc(C(F)(F)F)n2)c1. The molecule has 2 rings (SSSR count). The summed E-state index contributed by atoms with van der Waals surface area (Å²) >= 11 is 0. The van der Waals surface area contributed by atoms with Crippen molar-refractivity contribution in [2.24, 2.45) is 0 Å². The molecule has 0 spiro atoms. The highest BCUT2D eigenvalue weighted by molar-refractivity contribution is 5.79. The Hall–Kier alpha value is -2.58. The number of ether oxygens (including phenoxy) is 1. The van der Waals surface area contributed by atoms with Crippen molar-refractivity contribution in [1.82, 2.24) is 4.98 Å². The molecule has 0 radical (unpaired) electrons. The first-order chi connectivity index (χ1) is 10.6. The molecular weight excluding hydrogens is 328 g/mol. The Morgan fingerprint density at radius 2 is 1.70 bits per heavy atom. The molecule has 2 aromatic rings. The zero-order valence-corrected chi connectivity index (χ0v) is 11.1. The molecule has 1 aromatic carbocycles. The molecule has 0 aliphatic carbocycles. The van der Waals surface area contributed by atoms with Crippen LogP contribution in [-0.4, -0.2) is 17.6 Å². The van der Waals surface area contributed by atoms with E-state index in [0.29, 0.717) is 0 Å². The van der Waals surface area contributed by atoms with Crippen molar-refractivity contribution >= 4 is 6.29 Å². The lowest BCUT2D eigenvalue weighted by atomic mass is 10.1. The van der Waals surface area contributed by atoms with Crippen molar-refractivity contribution in [1.29, 1.82) is 0 Å². The van der Waals surface area contributed by atoms with E-state index in [1.807, 2.05) is 0 Å². The maximum absolute atomic E-state index is 12.6. The van der Waals surface area contributed by atoms with Gasteiger partial charge in [0.15, 0.2) is 0 Å². The number of hydrogen-bond acceptors (Lipinski definition) is 3. The third kappa shape index (κ3) is 4.44. The number of nitrogens with zero attached hydrogens (tertiary/aromatic N) is 1. The Bertz CT molecular complexity index is 724. The van der Waals surface area contributed by atoms with Gasteiger partial charge >= 0.3 is 12.5 Å². The van der Waals surface area contributed by atoms with Crippen molar-refractivity contribution in [2.75, 3.05) is 0 Å². The summed E-state index contributed by atoms with van der Waals surface area (Å²) in [5.74, 6) is -0.726. The maximum atomic E-state index is 12.6. The molecule has 0 N–H and O–H groups in total. The highest BCUT2D eigenvalue weighted by Crippen LogP contribution is 2.32. The van der Waals surface area contributed by atoms with E-state index in [4.69, 9.17) is 0 Å². The van der Waals surface area contributed by atoms with Crippen LogP contribution in [0.25, 0.3) is 11.3 Å². The molecule has 0 saturated carbocycles. The summed E-state index contributed by atoms with van der Waals surface area (Å²) in [5.41, 5.74) is -1.75. The van der Waals surface area contributed by atoms with Crippen LogP contribution in [0.2, 0.25) is 0 Å². The molecule has 0 unspecified atom stereocenters. The summed E-state index contributed by atoms with van der Waals surface area (Å²) in [7, 11) is 0. The van der Waals surface area contributed by atoms with Crippen LogP contribution in [0.1, 0.15) is 16.1 Å². The fraction of sp³-hybridized carbons (Fsp3) is 0.143. The third-order valence-corrected chi connectivity index (χ3v) is 2.63. The Morgan fingerprint density at radius 1 is 1.00 bits per heavy atom. The quantitative estimate of drug-likeness (QED) is 0.613. The summed E-state index contributed by atoms with van der Waals surface area (Å²) in [6.45, 7) is 0. The van der Waals surface area contributed by atoms with Crippen molar-refractivity contribution in [3.05, 3.63) is 47.7 Å². The lowest BCUT2D eigenvalue weighted by Crippen LogP contribution is -2.17. The molecule has 9 heteroatoms. The fourth-order valence-corrected chi connectivity index (χ4v) is 1.78. The summed E-state index contributed by atoms with van der Waals surface area (Å²) in [6, 6.07) is 5.74. The average Bonchev–Trinajstić information content (AvgIpc) is 2.44. The monoisotopic (exact) mass is 335 g/mol. The van der Waals surface area contributed by atoms with Gasteiger partial charge in [-0.1, -0.05) is 6.07 Å². The fourth-order valence-electron chi connectivity index (χ4n) is 1.78. The molecule has 0 bridgehead atoms. The maximum Gasteiger partial charge on any atom is 0.573 e. The van der Waals surface area contributed by atoms with Gasteiger partial charge in [0, 0.05) is 11.1 Å². The molecule has 0 aliphatic rings. The molecule has 3 nitrogen and oxygen atoms in total. The number of hydrogen-bond donors (Lipinski definition) is 0. The minimum Gasteiger partial charge on any atom is -0.406 e. The van der Waals surface area contributed by atoms with Gasteiger partial charge in [-0.15, -0.1) is 13.2 Å². The number of benzene rings is 1. The first-order valence-corrected chi connectivity index (χ1v) is 5.99. The number of alkyl halides is 6. The number of halogens is 6. The van der Waals surface area contributed by atoms with Gasteiger partial charge in [0.05, 0.1) is 5.69 Å². The van der Waals surface area contributed by atoms with Gasteiger partial charge in [-0.2, -0.15) is 13.2 Å². The van der Waals surface area contributed by atoms with E-state index < -0.39 is 24.0 Å². The van der Waals surface area contributed by atoms with Gasteiger partial charge in [-0.25, -0.2) is 4.98 Å². The van der Waals surface area contributed by atoms with Crippen LogP contribution in [0.15, 0.2) is 36.4 Å². The van der Waals surface area contributed by atoms with Gasteiger partial charge in [0.2, 0.25) is 0 Å². The zero-order valence-electron chi connectivity index (χ0n) is 11.1. The summed E-state index contributed by atoms with van der Waals surface area (Å²) in [6.07, 6.45) is -9.45. The molecule has 0 aliphatic heterocycles. The first kappa shape index (κ1) is 16.8. The number of rotatable bonds is 3. The Morgan fingerprint density at radius 3 is 2.26 bits per heavy atom. The van der Waals surface area contributed by atoms with Crippen LogP contribution in [0.3, 0.4) is 0 Å². The minimum absolute atomic E-state index is 0.111. The summed E-state index contributed by atoms with van der Waals surface area (Å²) < 4.78 is 78.4. The van der Waals surface area contributed by atoms with Crippen LogP contribution in [-0.2, 0) is 6.18 Å². The second kappa shape index (κ2) is 5.90. The smallest absolute Gasteiger partial charge is 0.406 e. The zero-order chi connectivity index (χ0) is 17.3. The third-order valence-electron chi connectivity index (χ3n) is 2.63. The van der Waals surface area contributed by atoms with Gasteiger partial charge in [-0.05, 0) is 30.3 Å². The van der Waals surface area contributed by atoms with E-state index in [2.05, 4.69) is 9.72 Å². The molecule has 23 heavy (non-hydrogen) atoms. The van der Waals surface area contributed by atoms with Crippen LogP contribution in [0, 0.1) is 0 Å². The second-order valence-electron chi connectivity index (χ2n) is 4.36. The summed E-state index contributed by atoms with van der Waals surface area (Å²) in [4.78, 5) is 14.1. The topological polar surface area (TPSA) is 39.2 Å². The summed E-state index contributed by atoms with van der Waals surface area (Å²) in [5, 5.41) is 0. The number of carbonyl (C=O) groups excluding carboxylic acids is 1. The predicted octanol–water partition coefficient (Wildman–Crippen LogP) is 4.48. The first-order valence-electron chi connectivity index (χ1n) is 5.99. The van der Waals surface area contributed by atoms with Crippen molar-refractivity contribution in [2.45, 2.75) is 12.5 Å². The van der Waals surface area contributed by atoms with Crippen LogP contribution in [0.4, 0.5) is 26.3 Å². The molecule has 1 heterocycles. The van der Waals surface area contributed by atoms with Gasteiger partial charge in [0.1, 0.15) is 17.7 Å². The predicted molar refractivity (Wildman–Crippen MR) is 66.7 cm³/mol. The molecule has 0 saturated heterocycles.